The van der Waals surface area contributed by atoms with Crippen molar-refractivity contribution in [1.82, 2.24) is 4.31 Å². The number of sulfone groups is 1. The van der Waals surface area contributed by atoms with Crippen molar-refractivity contribution in [2.24, 2.45) is 0 Å². The Morgan fingerprint density at radius 3 is 2.27 bits per heavy atom. The van der Waals surface area contributed by atoms with Gasteiger partial charge in [0.25, 0.3) is 0 Å². The molecule has 1 saturated heterocycles. The van der Waals surface area contributed by atoms with Crippen LogP contribution in [0.25, 0.3) is 0 Å². The van der Waals surface area contributed by atoms with Crippen molar-refractivity contribution in [3.63, 3.8) is 0 Å². The fourth-order valence-corrected chi connectivity index (χ4v) is 6.46. The Morgan fingerprint density at radius 2 is 1.62 bits per heavy atom. The lowest BCUT2D eigenvalue weighted by Gasteiger charge is -2.24. The van der Waals surface area contributed by atoms with Gasteiger partial charge in [0.05, 0.1) is 15.5 Å². The second-order valence-corrected chi connectivity index (χ2v) is 10.0. The van der Waals surface area contributed by atoms with E-state index in [1.807, 2.05) is 0 Å². The molecule has 0 aromatic heterocycles. The Balaban J connectivity index is 1.89. The van der Waals surface area contributed by atoms with Crippen LogP contribution in [-0.4, -0.2) is 39.5 Å². The number of rotatable bonds is 5. The molecule has 1 atom stereocenters. The molecule has 0 spiro atoms. The Hall–Kier alpha value is -1.84. The standard InChI is InChI=1S/C17H17F2NO4S2/c18-16-9-8-15(11-17(16)19)26(23,24)20-10-4-5-13(20)12-25(21,22)14-6-2-1-3-7-14/h1-3,6-9,11,13H,4-5,10,12H2. The zero-order chi connectivity index (χ0) is 18.9. The van der Waals surface area contributed by atoms with E-state index in [0.29, 0.717) is 18.9 Å². The summed E-state index contributed by atoms with van der Waals surface area (Å²) in [5.41, 5.74) is 0. The van der Waals surface area contributed by atoms with E-state index in [1.54, 1.807) is 18.2 Å². The summed E-state index contributed by atoms with van der Waals surface area (Å²) in [6, 6.07) is 9.38. The minimum atomic E-state index is -4.12. The highest BCUT2D eigenvalue weighted by molar-refractivity contribution is 7.91. The molecule has 0 radical (unpaired) electrons. The van der Waals surface area contributed by atoms with Crippen LogP contribution in [0, 0.1) is 11.6 Å². The summed E-state index contributed by atoms with van der Waals surface area (Å²) in [6.07, 6.45) is 0.882. The lowest BCUT2D eigenvalue weighted by molar-refractivity contribution is 0.407. The van der Waals surface area contributed by atoms with Gasteiger partial charge >= 0.3 is 0 Å². The van der Waals surface area contributed by atoms with Crippen LogP contribution in [-0.2, 0) is 19.9 Å². The summed E-state index contributed by atoms with van der Waals surface area (Å²) in [5, 5.41) is 0. The van der Waals surface area contributed by atoms with Crippen LogP contribution in [0.1, 0.15) is 12.8 Å². The van der Waals surface area contributed by atoms with Crippen LogP contribution >= 0.6 is 0 Å². The maximum Gasteiger partial charge on any atom is 0.243 e. The Morgan fingerprint density at radius 1 is 0.923 bits per heavy atom. The third-order valence-corrected chi connectivity index (χ3v) is 8.10. The normalized spacial score (nSPS) is 18.9. The first-order valence-electron chi connectivity index (χ1n) is 7.96. The van der Waals surface area contributed by atoms with E-state index in [-0.39, 0.29) is 22.1 Å². The van der Waals surface area contributed by atoms with Gasteiger partial charge in [0.1, 0.15) is 0 Å². The molecule has 9 heteroatoms. The molecule has 0 amide bonds. The lowest BCUT2D eigenvalue weighted by Crippen LogP contribution is -2.39. The predicted molar refractivity (Wildman–Crippen MR) is 91.8 cm³/mol. The molecule has 0 N–H and O–H groups in total. The van der Waals surface area contributed by atoms with Crippen LogP contribution in [0.15, 0.2) is 58.3 Å². The summed E-state index contributed by atoms with van der Waals surface area (Å²) >= 11 is 0. The van der Waals surface area contributed by atoms with Gasteiger partial charge in [-0.25, -0.2) is 25.6 Å². The van der Waals surface area contributed by atoms with Crippen molar-refractivity contribution in [2.75, 3.05) is 12.3 Å². The van der Waals surface area contributed by atoms with Gasteiger partial charge in [-0.05, 0) is 43.2 Å². The molecule has 1 aliphatic heterocycles. The van der Waals surface area contributed by atoms with E-state index in [4.69, 9.17) is 0 Å². The molecule has 0 saturated carbocycles. The first-order chi connectivity index (χ1) is 12.2. The molecule has 5 nitrogen and oxygen atoms in total. The van der Waals surface area contributed by atoms with E-state index < -0.39 is 37.5 Å². The number of hydrogen-bond acceptors (Lipinski definition) is 4. The third-order valence-electron chi connectivity index (χ3n) is 4.33. The average molecular weight is 401 g/mol. The molecule has 2 aromatic rings. The van der Waals surface area contributed by atoms with Crippen molar-refractivity contribution in [3.05, 3.63) is 60.2 Å². The number of benzene rings is 2. The molecule has 140 valence electrons. The number of nitrogens with zero attached hydrogens (tertiary/aromatic N) is 1. The predicted octanol–water partition coefficient (Wildman–Crippen LogP) is 2.59. The SMILES string of the molecule is O=S(=O)(CC1CCCN1S(=O)(=O)c1ccc(F)c(F)c1)c1ccccc1. The van der Waals surface area contributed by atoms with Crippen molar-refractivity contribution >= 4 is 19.9 Å². The molecule has 1 aliphatic rings. The Labute approximate surface area is 151 Å². The van der Waals surface area contributed by atoms with Gasteiger partial charge in [0.15, 0.2) is 21.5 Å². The summed E-state index contributed by atoms with van der Waals surface area (Å²) in [6.45, 7) is 0.135. The first-order valence-corrected chi connectivity index (χ1v) is 11.1. The number of sulfonamides is 1. The van der Waals surface area contributed by atoms with E-state index in [1.165, 1.54) is 12.1 Å². The van der Waals surface area contributed by atoms with Crippen molar-refractivity contribution in [2.45, 2.75) is 28.7 Å². The highest BCUT2D eigenvalue weighted by Crippen LogP contribution is 2.29. The largest absolute Gasteiger partial charge is 0.243 e. The topological polar surface area (TPSA) is 71.5 Å². The Kier molecular flexibility index (Phi) is 5.14. The molecule has 26 heavy (non-hydrogen) atoms. The minimum absolute atomic E-state index is 0.122. The minimum Gasteiger partial charge on any atom is -0.224 e. The fourth-order valence-electron chi connectivity index (χ4n) is 3.04. The van der Waals surface area contributed by atoms with Gasteiger partial charge in [-0.3, -0.25) is 0 Å². The molecule has 0 aliphatic carbocycles. The van der Waals surface area contributed by atoms with Crippen LogP contribution < -0.4 is 0 Å². The zero-order valence-corrected chi connectivity index (χ0v) is 15.3. The van der Waals surface area contributed by atoms with E-state index in [0.717, 1.165) is 16.4 Å². The monoisotopic (exact) mass is 401 g/mol. The van der Waals surface area contributed by atoms with Gasteiger partial charge < -0.3 is 0 Å². The smallest absolute Gasteiger partial charge is 0.224 e. The third kappa shape index (κ3) is 3.65. The lowest BCUT2D eigenvalue weighted by atomic mass is 10.3. The maximum absolute atomic E-state index is 13.4. The van der Waals surface area contributed by atoms with Gasteiger partial charge in [-0.2, -0.15) is 4.31 Å². The highest BCUT2D eigenvalue weighted by atomic mass is 32.2. The van der Waals surface area contributed by atoms with Gasteiger partial charge in [0.2, 0.25) is 10.0 Å². The maximum atomic E-state index is 13.4. The van der Waals surface area contributed by atoms with Crippen LogP contribution in [0.4, 0.5) is 8.78 Å². The number of hydrogen-bond donors (Lipinski definition) is 0. The molecule has 3 rings (SSSR count). The van der Waals surface area contributed by atoms with E-state index in [2.05, 4.69) is 0 Å². The zero-order valence-electron chi connectivity index (χ0n) is 13.7. The average Bonchev–Trinajstić information content (AvgIpc) is 3.06. The van der Waals surface area contributed by atoms with Crippen molar-refractivity contribution in [1.29, 1.82) is 0 Å². The molecule has 1 heterocycles. The van der Waals surface area contributed by atoms with Gasteiger partial charge in [-0.15, -0.1) is 0 Å². The molecule has 1 unspecified atom stereocenters. The van der Waals surface area contributed by atoms with Crippen molar-refractivity contribution in [3.8, 4) is 0 Å². The van der Waals surface area contributed by atoms with Gasteiger partial charge in [0, 0.05) is 12.6 Å². The molecule has 1 fully saturated rings. The number of halogens is 2. The molecular formula is C17H17F2NO4S2. The summed E-state index contributed by atoms with van der Waals surface area (Å²) in [4.78, 5) is -0.266. The van der Waals surface area contributed by atoms with Crippen LogP contribution in [0.5, 0.6) is 0 Å². The van der Waals surface area contributed by atoms with Crippen LogP contribution in [0.3, 0.4) is 0 Å². The van der Waals surface area contributed by atoms with Crippen LogP contribution in [0.2, 0.25) is 0 Å². The summed E-state index contributed by atoms with van der Waals surface area (Å²) < 4.78 is 78.3. The van der Waals surface area contributed by atoms with Gasteiger partial charge in [-0.1, -0.05) is 18.2 Å². The summed E-state index contributed by atoms with van der Waals surface area (Å²) in [7, 11) is -7.79. The Bertz CT molecular complexity index is 1010. The second kappa shape index (κ2) is 7.05. The second-order valence-electron chi connectivity index (χ2n) is 6.08. The quantitative estimate of drug-likeness (QED) is 0.772. The highest BCUT2D eigenvalue weighted by Gasteiger charge is 2.38. The first kappa shape index (κ1) is 18.9. The summed E-state index contributed by atoms with van der Waals surface area (Å²) in [5.74, 6) is -2.77. The molecular weight excluding hydrogens is 384 g/mol. The van der Waals surface area contributed by atoms with E-state index in [9.17, 15) is 25.6 Å². The molecule has 0 bridgehead atoms. The molecule has 2 aromatic carbocycles. The van der Waals surface area contributed by atoms with Crippen molar-refractivity contribution < 1.29 is 25.6 Å². The fraction of sp³-hybridized carbons (Fsp3) is 0.294. The van der Waals surface area contributed by atoms with E-state index >= 15 is 0 Å².